The third-order valence-corrected chi connectivity index (χ3v) is 0.811. The molecular formula is C5H12N2O2. The summed E-state index contributed by atoms with van der Waals surface area (Å²) >= 11 is 0. The number of carbonyl (C=O) groups excluding carboxylic acids is 1. The number of rotatable bonds is 2. The minimum atomic E-state index is -2.70. The van der Waals surface area contributed by atoms with Crippen molar-refractivity contribution in [2.75, 3.05) is 13.6 Å². The zero-order chi connectivity index (χ0) is 9.78. The van der Waals surface area contributed by atoms with Crippen LogP contribution in [0.2, 0.25) is 0 Å². The summed E-state index contributed by atoms with van der Waals surface area (Å²) in [4.78, 5) is 10.7. The first-order valence-corrected chi connectivity index (χ1v) is 2.54. The highest BCUT2D eigenvalue weighted by atomic mass is 16.5. The second-order valence-corrected chi connectivity index (χ2v) is 1.67. The van der Waals surface area contributed by atoms with E-state index in [1.807, 2.05) is 0 Å². The van der Waals surface area contributed by atoms with Gasteiger partial charge in [-0.15, -0.1) is 0 Å². The monoisotopic (exact) mass is 135 g/mol. The number of hydrogen-bond acceptors (Lipinski definition) is 3. The van der Waals surface area contributed by atoms with E-state index in [9.17, 15) is 4.79 Å². The Morgan fingerprint density at radius 2 is 2.78 bits per heavy atom. The predicted octanol–water partition coefficient (Wildman–Crippen LogP) is -0.310. The Hall–Kier alpha value is -0.770. The van der Waals surface area contributed by atoms with Crippen molar-refractivity contribution in [2.24, 2.45) is 5.73 Å². The second kappa shape index (κ2) is 4.14. The van der Waals surface area contributed by atoms with Crippen LogP contribution in [0.1, 0.15) is 11.0 Å². The highest BCUT2D eigenvalue weighted by Crippen LogP contribution is 1.77. The van der Waals surface area contributed by atoms with E-state index in [1.165, 1.54) is 0 Å². The van der Waals surface area contributed by atoms with Gasteiger partial charge in [-0.25, -0.2) is 4.79 Å². The summed E-state index contributed by atoms with van der Waals surface area (Å²) in [6, 6.07) is -0.292. The summed E-state index contributed by atoms with van der Waals surface area (Å²) in [6.45, 7) is 1.87. The fraction of sp³-hybridized carbons (Fsp3) is 0.800. The summed E-state index contributed by atoms with van der Waals surface area (Å²) in [6.07, 6.45) is -0.979. The maximum atomic E-state index is 10.7. The van der Waals surface area contributed by atoms with E-state index in [2.05, 4.69) is 10.1 Å². The number of ether oxygens (including phenoxy) is 1. The molecule has 0 aromatic heterocycles. The van der Waals surface area contributed by atoms with Crippen molar-refractivity contribution in [3.05, 3.63) is 0 Å². The van der Waals surface area contributed by atoms with E-state index in [4.69, 9.17) is 9.85 Å². The molecule has 9 heavy (non-hydrogen) atoms. The van der Waals surface area contributed by atoms with Crippen LogP contribution in [0.4, 0.5) is 4.79 Å². The number of amides is 1. The van der Waals surface area contributed by atoms with Crippen molar-refractivity contribution >= 4 is 6.09 Å². The fourth-order valence-corrected chi connectivity index (χ4v) is 0.290. The Labute approximate surface area is 58.6 Å². The molecule has 0 unspecified atom stereocenters. The molecule has 0 fully saturated rings. The topological polar surface area (TPSA) is 64.3 Å². The Morgan fingerprint density at radius 3 is 3.22 bits per heavy atom. The van der Waals surface area contributed by atoms with Crippen molar-refractivity contribution in [3.8, 4) is 0 Å². The highest BCUT2D eigenvalue weighted by Gasteiger charge is 2.02. The van der Waals surface area contributed by atoms with Crippen molar-refractivity contribution in [2.45, 2.75) is 13.0 Å². The predicted molar refractivity (Wildman–Crippen MR) is 34.1 cm³/mol. The molecule has 3 N–H and O–H groups in total. The number of carbonyl (C=O) groups is 1. The van der Waals surface area contributed by atoms with Crippen LogP contribution in [-0.4, -0.2) is 25.7 Å². The van der Waals surface area contributed by atoms with E-state index in [-0.39, 0.29) is 12.6 Å². The summed E-state index contributed by atoms with van der Waals surface area (Å²) in [5, 5.41) is 2.24. The van der Waals surface area contributed by atoms with Crippen LogP contribution in [-0.2, 0) is 4.74 Å². The molecule has 0 aromatic carbocycles. The third-order valence-electron chi connectivity index (χ3n) is 0.811. The first-order chi connectivity index (χ1) is 5.35. The number of nitrogens with one attached hydrogen (secondary N) is 1. The molecule has 54 valence electrons. The van der Waals surface area contributed by atoms with Gasteiger partial charge in [0.15, 0.2) is 0 Å². The van der Waals surface area contributed by atoms with E-state index >= 15 is 0 Å². The lowest BCUT2D eigenvalue weighted by atomic mass is 10.3. The fourth-order valence-electron chi connectivity index (χ4n) is 0.290. The van der Waals surface area contributed by atoms with Gasteiger partial charge in [-0.2, -0.15) is 0 Å². The molecule has 0 rings (SSSR count). The molecule has 0 aliphatic rings. The first kappa shape index (κ1) is 4.11. The molecule has 0 aromatic rings. The number of methoxy groups -OCH3 is 1. The minimum absolute atomic E-state index is 0.232. The molecular weight excluding hydrogens is 120 g/mol. The maximum Gasteiger partial charge on any atom is 0.407 e. The smallest absolute Gasteiger partial charge is 0.407 e. The minimum Gasteiger partial charge on any atom is -0.453 e. The van der Waals surface area contributed by atoms with Gasteiger partial charge in [-0.1, -0.05) is 0 Å². The molecule has 0 saturated carbocycles. The summed E-state index contributed by atoms with van der Waals surface area (Å²) < 4.78 is 23.8. The molecule has 4 nitrogen and oxygen atoms in total. The molecule has 1 amide bonds. The normalized spacial score (nSPS) is 18.7. The zero-order valence-corrected chi connectivity index (χ0v) is 5.18. The number of nitrogens with two attached hydrogens (primary N) is 1. The molecule has 0 bridgehead atoms. The van der Waals surface area contributed by atoms with Crippen LogP contribution in [0.25, 0.3) is 0 Å². The average Bonchev–Trinajstić information content (AvgIpc) is 1.82. The van der Waals surface area contributed by atoms with Gasteiger partial charge in [0, 0.05) is 12.6 Å². The van der Waals surface area contributed by atoms with Gasteiger partial charge in [-0.3, -0.25) is 0 Å². The SMILES string of the molecule is [2H]C([2H])([2H])OC(=O)N[C@@H](C)CN. The van der Waals surface area contributed by atoms with E-state index in [1.54, 1.807) is 6.92 Å². The molecule has 0 spiro atoms. The average molecular weight is 135 g/mol. The van der Waals surface area contributed by atoms with Crippen LogP contribution < -0.4 is 11.1 Å². The largest absolute Gasteiger partial charge is 0.453 e. The molecule has 0 aliphatic heterocycles. The van der Waals surface area contributed by atoms with Crippen molar-refractivity contribution in [3.63, 3.8) is 0 Å². The van der Waals surface area contributed by atoms with Gasteiger partial charge in [0.25, 0.3) is 0 Å². The highest BCUT2D eigenvalue weighted by molar-refractivity contribution is 5.67. The van der Waals surface area contributed by atoms with Crippen molar-refractivity contribution < 1.29 is 13.6 Å². The Kier molecular flexibility index (Phi) is 1.89. The standard InChI is InChI=1S/C5H12N2O2/c1-4(3-6)7-5(8)9-2/h4H,3,6H2,1-2H3,(H,7,8)/t4-/m0/s1/i2D3. The van der Waals surface area contributed by atoms with Crippen molar-refractivity contribution in [1.29, 1.82) is 0 Å². The van der Waals surface area contributed by atoms with Gasteiger partial charge in [0.2, 0.25) is 0 Å². The Morgan fingerprint density at radius 1 is 2.11 bits per heavy atom. The number of alkyl carbamates (subject to hydrolysis) is 1. The second-order valence-electron chi connectivity index (χ2n) is 1.67. The summed E-state index contributed by atoms with van der Waals surface area (Å²) in [7, 11) is -2.70. The quantitative estimate of drug-likeness (QED) is 0.546. The van der Waals surface area contributed by atoms with Gasteiger partial charge in [-0.05, 0) is 6.92 Å². The molecule has 1 atom stereocenters. The Bertz CT molecular complexity index is 159. The maximum absolute atomic E-state index is 10.7. The van der Waals surface area contributed by atoms with E-state index < -0.39 is 13.1 Å². The van der Waals surface area contributed by atoms with Crippen LogP contribution >= 0.6 is 0 Å². The third kappa shape index (κ3) is 3.78. The van der Waals surface area contributed by atoms with Crippen LogP contribution in [0.3, 0.4) is 0 Å². The lowest BCUT2D eigenvalue weighted by Gasteiger charge is -2.08. The van der Waals surface area contributed by atoms with Crippen LogP contribution in [0, 0.1) is 0 Å². The summed E-state index contributed by atoms with van der Waals surface area (Å²) in [5.41, 5.74) is 5.17. The van der Waals surface area contributed by atoms with Crippen molar-refractivity contribution in [1.82, 2.24) is 5.32 Å². The Balaban J connectivity index is 3.75. The molecule has 0 heterocycles. The van der Waals surface area contributed by atoms with E-state index in [0.717, 1.165) is 0 Å². The van der Waals surface area contributed by atoms with Gasteiger partial charge in [0.1, 0.15) is 0 Å². The van der Waals surface area contributed by atoms with Gasteiger partial charge < -0.3 is 15.8 Å². The summed E-state index contributed by atoms with van der Waals surface area (Å²) in [5.74, 6) is 0. The van der Waals surface area contributed by atoms with Crippen LogP contribution in [0.5, 0.6) is 0 Å². The van der Waals surface area contributed by atoms with Gasteiger partial charge >= 0.3 is 6.09 Å². The zero-order valence-electron chi connectivity index (χ0n) is 8.18. The molecule has 0 aliphatic carbocycles. The first-order valence-electron chi connectivity index (χ1n) is 4.04. The molecule has 0 saturated heterocycles. The lowest BCUT2D eigenvalue weighted by molar-refractivity contribution is 0.167. The van der Waals surface area contributed by atoms with Gasteiger partial charge in [0.05, 0.1) is 11.2 Å². The lowest BCUT2D eigenvalue weighted by Crippen LogP contribution is -2.37. The molecule has 4 heteroatoms. The number of hydrogen-bond donors (Lipinski definition) is 2. The van der Waals surface area contributed by atoms with E-state index in [0.29, 0.717) is 0 Å². The molecule has 0 radical (unpaired) electrons. The van der Waals surface area contributed by atoms with Crippen LogP contribution in [0.15, 0.2) is 0 Å².